The Balaban J connectivity index is 1.20. The van der Waals surface area contributed by atoms with Crippen molar-refractivity contribution in [2.45, 2.75) is 11.4 Å². The number of rotatable bonds is 7. The average Bonchev–Trinajstić information content (AvgIpc) is 3.22. The second-order valence-corrected chi connectivity index (χ2v) is 9.73. The van der Waals surface area contributed by atoms with Gasteiger partial charge < -0.3 is 14.4 Å². The first kappa shape index (κ1) is 21.7. The van der Waals surface area contributed by atoms with E-state index in [1.807, 2.05) is 11.8 Å². The highest BCUT2D eigenvalue weighted by atomic mass is 79.9. The molecule has 8 heteroatoms. The van der Waals surface area contributed by atoms with Crippen LogP contribution >= 0.6 is 27.7 Å². The number of thioether (sulfide) groups is 1. The number of nitrogens with zero attached hydrogens (tertiary/aromatic N) is 4. The number of aromatic nitrogens is 2. The summed E-state index contributed by atoms with van der Waals surface area (Å²) >= 11 is 5.47. The first-order valence-electron chi connectivity index (χ1n) is 10.8. The van der Waals surface area contributed by atoms with Gasteiger partial charge in [0.1, 0.15) is 6.61 Å². The maximum Gasteiger partial charge on any atom is 0.159 e. The smallest absolute Gasteiger partial charge is 0.159 e. The minimum Gasteiger partial charge on any atom is -0.489 e. The Kier molecular flexibility index (Phi) is 6.92. The molecule has 3 heterocycles. The zero-order chi connectivity index (χ0) is 21.8. The van der Waals surface area contributed by atoms with Crippen molar-refractivity contribution in [3.8, 4) is 17.1 Å². The number of morpholine rings is 1. The van der Waals surface area contributed by atoms with Crippen LogP contribution in [-0.4, -0.2) is 60.2 Å². The Morgan fingerprint density at radius 2 is 1.91 bits per heavy atom. The SMILES string of the molecule is Brc1ccc2c(c1)N(Cc1cccc(-c3ncc(OCCN4CCOCC4)cn3)c1)CS2. The lowest BCUT2D eigenvalue weighted by molar-refractivity contribution is 0.0322. The minimum absolute atomic E-state index is 0.629. The predicted molar refractivity (Wildman–Crippen MR) is 131 cm³/mol. The van der Waals surface area contributed by atoms with E-state index >= 15 is 0 Å². The van der Waals surface area contributed by atoms with Crippen molar-refractivity contribution >= 4 is 33.4 Å². The number of anilines is 1. The second-order valence-electron chi connectivity index (χ2n) is 7.83. The number of fused-ring (bicyclic) bond motifs is 1. The summed E-state index contributed by atoms with van der Waals surface area (Å²) in [7, 11) is 0. The van der Waals surface area contributed by atoms with Gasteiger partial charge in [-0.15, -0.1) is 11.8 Å². The summed E-state index contributed by atoms with van der Waals surface area (Å²) in [5, 5.41) is 0. The highest BCUT2D eigenvalue weighted by molar-refractivity contribution is 9.10. The van der Waals surface area contributed by atoms with Gasteiger partial charge in [-0.2, -0.15) is 0 Å². The van der Waals surface area contributed by atoms with Gasteiger partial charge in [-0.3, -0.25) is 4.90 Å². The third-order valence-electron chi connectivity index (χ3n) is 5.60. The third kappa shape index (κ3) is 5.26. The molecule has 0 unspecified atom stereocenters. The first-order chi connectivity index (χ1) is 15.7. The van der Waals surface area contributed by atoms with Gasteiger partial charge >= 0.3 is 0 Å². The van der Waals surface area contributed by atoms with E-state index in [4.69, 9.17) is 9.47 Å². The zero-order valence-corrected chi connectivity index (χ0v) is 20.1. The monoisotopic (exact) mass is 512 g/mol. The molecule has 6 nitrogen and oxygen atoms in total. The van der Waals surface area contributed by atoms with Gasteiger partial charge in [-0.05, 0) is 29.8 Å². The molecule has 0 saturated carbocycles. The molecular weight excluding hydrogens is 488 g/mol. The van der Waals surface area contributed by atoms with Crippen LogP contribution in [0.1, 0.15) is 5.56 Å². The van der Waals surface area contributed by atoms with Gasteiger partial charge in [0.2, 0.25) is 0 Å². The summed E-state index contributed by atoms with van der Waals surface area (Å²) in [5.41, 5.74) is 3.54. The normalized spacial score (nSPS) is 16.2. The molecule has 32 heavy (non-hydrogen) atoms. The van der Waals surface area contributed by atoms with Gasteiger partial charge in [0.25, 0.3) is 0 Å². The highest BCUT2D eigenvalue weighted by Crippen LogP contribution is 2.40. The van der Waals surface area contributed by atoms with Crippen LogP contribution in [0.4, 0.5) is 5.69 Å². The van der Waals surface area contributed by atoms with E-state index in [0.717, 1.165) is 55.3 Å². The van der Waals surface area contributed by atoms with Crippen LogP contribution in [0, 0.1) is 0 Å². The maximum absolute atomic E-state index is 5.83. The molecule has 0 aliphatic carbocycles. The van der Waals surface area contributed by atoms with Crippen LogP contribution in [0.3, 0.4) is 0 Å². The average molecular weight is 513 g/mol. The lowest BCUT2D eigenvalue weighted by atomic mass is 10.1. The summed E-state index contributed by atoms with van der Waals surface area (Å²) in [6.07, 6.45) is 3.53. The highest BCUT2D eigenvalue weighted by Gasteiger charge is 2.20. The Bertz CT molecular complexity index is 1060. The Labute approximate surface area is 201 Å². The predicted octanol–water partition coefficient (Wildman–Crippen LogP) is 4.69. The molecule has 2 aliphatic rings. The first-order valence-corrected chi connectivity index (χ1v) is 12.5. The quantitative estimate of drug-likeness (QED) is 0.455. The van der Waals surface area contributed by atoms with Crippen molar-refractivity contribution in [3.05, 3.63) is 64.9 Å². The topological polar surface area (TPSA) is 50.7 Å². The molecule has 0 amide bonds. The fourth-order valence-corrected chi connectivity index (χ4v) is 5.27. The van der Waals surface area contributed by atoms with Crippen molar-refractivity contribution in [2.75, 3.05) is 50.2 Å². The van der Waals surface area contributed by atoms with Crippen molar-refractivity contribution in [1.82, 2.24) is 14.9 Å². The van der Waals surface area contributed by atoms with Crippen LogP contribution in [0.2, 0.25) is 0 Å². The number of benzene rings is 2. The molecule has 0 radical (unpaired) electrons. The molecule has 3 aromatic rings. The third-order valence-corrected chi connectivity index (χ3v) is 7.19. The van der Waals surface area contributed by atoms with Crippen LogP contribution < -0.4 is 9.64 Å². The van der Waals surface area contributed by atoms with Crippen molar-refractivity contribution in [1.29, 1.82) is 0 Å². The summed E-state index contributed by atoms with van der Waals surface area (Å²) in [6.45, 7) is 5.91. The molecule has 166 valence electrons. The standard InChI is InChI=1S/C24H25BrN4O2S/c25-20-4-5-23-22(13-20)29(17-32-23)16-18-2-1-3-19(12-18)24-26-14-21(15-27-24)31-11-8-28-6-9-30-10-7-28/h1-5,12-15H,6-11,16-17H2. The van der Waals surface area contributed by atoms with Crippen LogP contribution in [-0.2, 0) is 11.3 Å². The number of halogens is 1. The van der Waals surface area contributed by atoms with E-state index in [-0.39, 0.29) is 0 Å². The lowest BCUT2D eigenvalue weighted by Gasteiger charge is -2.26. The maximum atomic E-state index is 5.83. The van der Waals surface area contributed by atoms with Crippen LogP contribution in [0.5, 0.6) is 5.75 Å². The van der Waals surface area contributed by atoms with E-state index < -0.39 is 0 Å². The summed E-state index contributed by atoms with van der Waals surface area (Å²) in [5.74, 6) is 2.38. The molecule has 1 aromatic heterocycles. The largest absolute Gasteiger partial charge is 0.489 e. The molecule has 0 spiro atoms. The second kappa shape index (κ2) is 10.2. The lowest BCUT2D eigenvalue weighted by Crippen LogP contribution is -2.38. The van der Waals surface area contributed by atoms with E-state index in [9.17, 15) is 0 Å². The van der Waals surface area contributed by atoms with Gasteiger partial charge in [-0.1, -0.05) is 34.1 Å². The van der Waals surface area contributed by atoms with E-state index in [1.54, 1.807) is 12.4 Å². The van der Waals surface area contributed by atoms with E-state index in [2.05, 4.69) is 78.2 Å². The summed E-state index contributed by atoms with van der Waals surface area (Å²) in [6, 6.07) is 14.9. The number of ether oxygens (including phenoxy) is 2. The fraction of sp³-hybridized carbons (Fsp3) is 0.333. The number of hydrogen-bond acceptors (Lipinski definition) is 7. The fourth-order valence-electron chi connectivity index (χ4n) is 3.89. The summed E-state index contributed by atoms with van der Waals surface area (Å²) < 4.78 is 12.3. The van der Waals surface area contributed by atoms with Crippen molar-refractivity contribution in [3.63, 3.8) is 0 Å². The molecule has 1 fully saturated rings. The van der Waals surface area contributed by atoms with Gasteiger partial charge in [0.05, 0.1) is 37.2 Å². The Hall–Kier alpha value is -2.13. The molecular formula is C24H25BrN4O2S. The van der Waals surface area contributed by atoms with Gasteiger partial charge in [-0.25, -0.2) is 9.97 Å². The molecule has 2 aromatic carbocycles. The van der Waals surface area contributed by atoms with Crippen LogP contribution in [0.15, 0.2) is 64.2 Å². The van der Waals surface area contributed by atoms with Crippen LogP contribution in [0.25, 0.3) is 11.4 Å². The Morgan fingerprint density at radius 3 is 2.75 bits per heavy atom. The van der Waals surface area contributed by atoms with Gasteiger partial charge in [0, 0.05) is 41.1 Å². The molecule has 1 saturated heterocycles. The number of hydrogen-bond donors (Lipinski definition) is 0. The molecule has 0 N–H and O–H groups in total. The minimum atomic E-state index is 0.629. The summed E-state index contributed by atoms with van der Waals surface area (Å²) in [4.78, 5) is 15.2. The van der Waals surface area contributed by atoms with Crippen molar-refractivity contribution < 1.29 is 9.47 Å². The zero-order valence-electron chi connectivity index (χ0n) is 17.7. The Morgan fingerprint density at radius 1 is 1.06 bits per heavy atom. The van der Waals surface area contributed by atoms with Crippen molar-refractivity contribution in [2.24, 2.45) is 0 Å². The molecule has 2 aliphatic heterocycles. The van der Waals surface area contributed by atoms with Gasteiger partial charge in [0.15, 0.2) is 11.6 Å². The molecule has 0 bridgehead atoms. The van der Waals surface area contributed by atoms with E-state index in [1.165, 1.54) is 16.1 Å². The molecule has 5 rings (SSSR count). The molecule has 0 atom stereocenters. The van der Waals surface area contributed by atoms with E-state index in [0.29, 0.717) is 18.2 Å².